The molecule has 3 aromatic rings. The number of carbonyl (C=O) groups excluding carboxylic acids is 1. The number of aromatic amines is 1. The van der Waals surface area contributed by atoms with Crippen molar-refractivity contribution in [3.8, 4) is 16.3 Å². The second-order valence-electron chi connectivity index (χ2n) is 7.14. The van der Waals surface area contributed by atoms with Crippen LogP contribution in [0.25, 0.3) is 10.6 Å². The van der Waals surface area contributed by atoms with E-state index in [1.807, 2.05) is 40.6 Å². The van der Waals surface area contributed by atoms with Crippen LogP contribution in [0.1, 0.15) is 36.2 Å². The van der Waals surface area contributed by atoms with E-state index in [1.165, 1.54) is 0 Å². The number of amides is 1. The number of hydrogen-bond donors (Lipinski definition) is 1. The molecule has 5 rings (SSSR count). The Kier molecular flexibility index (Phi) is 4.16. The lowest BCUT2D eigenvalue weighted by atomic mass is 9.99. The third kappa shape index (κ3) is 3.12. The second-order valence-corrected chi connectivity index (χ2v) is 8.09. The zero-order valence-electron chi connectivity index (χ0n) is 14.7. The number of thiophene rings is 1. The number of carbonyl (C=O) groups is 1. The number of nitrogens with one attached hydrogen (secondary N) is 1. The van der Waals surface area contributed by atoms with Gasteiger partial charge in [0, 0.05) is 31.1 Å². The normalized spacial score (nSPS) is 24.1. The molecule has 2 unspecified atom stereocenters. The molecule has 3 aromatic heterocycles. The topological polar surface area (TPSA) is 71.1 Å². The molecule has 0 spiro atoms. The predicted molar refractivity (Wildman–Crippen MR) is 103 cm³/mol. The van der Waals surface area contributed by atoms with Gasteiger partial charge in [0.2, 0.25) is 0 Å². The standard InChI is InChI=1S/C20H20N4O2S/c25-20(18-11-17(22-23-18)19-4-2-8-27-19)24-13-5-6-14(24)10-16(9-13)26-15-3-1-7-21-12-15/h1-4,7-8,11-14,16H,5-6,9-10H2,(H,22,23). The Hall–Kier alpha value is -2.67. The molecule has 1 amide bonds. The molecule has 2 saturated heterocycles. The van der Waals surface area contributed by atoms with Gasteiger partial charge in [0.25, 0.3) is 5.91 Å². The van der Waals surface area contributed by atoms with Gasteiger partial charge in [-0.15, -0.1) is 11.3 Å². The van der Waals surface area contributed by atoms with Crippen LogP contribution in [0.5, 0.6) is 5.75 Å². The summed E-state index contributed by atoms with van der Waals surface area (Å²) in [4.78, 5) is 20.3. The van der Waals surface area contributed by atoms with Crippen LogP contribution in [-0.4, -0.2) is 44.2 Å². The molecule has 0 aliphatic carbocycles. The van der Waals surface area contributed by atoms with E-state index in [4.69, 9.17) is 4.74 Å². The first kappa shape index (κ1) is 16.5. The van der Waals surface area contributed by atoms with Crippen LogP contribution in [0, 0.1) is 0 Å². The van der Waals surface area contributed by atoms with Crippen LogP contribution in [0.3, 0.4) is 0 Å². The van der Waals surface area contributed by atoms with Crippen molar-refractivity contribution in [3.05, 3.63) is 53.8 Å². The summed E-state index contributed by atoms with van der Waals surface area (Å²) in [7, 11) is 0. The maximum atomic E-state index is 13.1. The number of ether oxygens (including phenoxy) is 1. The quantitative estimate of drug-likeness (QED) is 0.748. The van der Waals surface area contributed by atoms with Gasteiger partial charge in [0.15, 0.2) is 5.69 Å². The molecule has 0 radical (unpaired) electrons. The summed E-state index contributed by atoms with van der Waals surface area (Å²) in [6.45, 7) is 0. The van der Waals surface area contributed by atoms with Gasteiger partial charge >= 0.3 is 0 Å². The number of aromatic nitrogens is 3. The van der Waals surface area contributed by atoms with E-state index >= 15 is 0 Å². The largest absolute Gasteiger partial charge is 0.489 e. The monoisotopic (exact) mass is 380 g/mol. The molecule has 5 heterocycles. The van der Waals surface area contributed by atoms with Crippen LogP contribution in [0.4, 0.5) is 0 Å². The van der Waals surface area contributed by atoms with Crippen molar-refractivity contribution < 1.29 is 9.53 Å². The van der Waals surface area contributed by atoms with E-state index in [9.17, 15) is 4.79 Å². The predicted octanol–water partition coefficient (Wildman–Crippen LogP) is 3.75. The fourth-order valence-electron chi connectivity index (χ4n) is 4.29. The molecule has 0 saturated carbocycles. The lowest BCUT2D eigenvalue weighted by molar-refractivity contribution is 0.0353. The van der Waals surface area contributed by atoms with Gasteiger partial charge in [0.1, 0.15) is 11.9 Å². The number of pyridine rings is 1. The average molecular weight is 380 g/mol. The zero-order chi connectivity index (χ0) is 18.2. The Bertz CT molecular complexity index is 911. The Morgan fingerprint density at radius 3 is 2.78 bits per heavy atom. The van der Waals surface area contributed by atoms with Crippen LogP contribution in [-0.2, 0) is 0 Å². The highest BCUT2D eigenvalue weighted by Crippen LogP contribution is 2.38. The minimum absolute atomic E-state index is 0.0291. The molecule has 2 atom stereocenters. The zero-order valence-corrected chi connectivity index (χ0v) is 15.6. The first-order chi connectivity index (χ1) is 13.3. The lowest BCUT2D eigenvalue weighted by Crippen LogP contribution is -2.49. The minimum Gasteiger partial charge on any atom is -0.489 e. The maximum Gasteiger partial charge on any atom is 0.274 e. The molecule has 7 heteroatoms. The number of nitrogens with zero attached hydrogens (tertiary/aromatic N) is 3. The molecule has 138 valence electrons. The number of H-pyrrole nitrogens is 1. The summed E-state index contributed by atoms with van der Waals surface area (Å²) >= 11 is 1.63. The molecule has 2 aliphatic heterocycles. The fraction of sp³-hybridized carbons (Fsp3) is 0.350. The fourth-order valence-corrected chi connectivity index (χ4v) is 4.98. The second kappa shape index (κ2) is 6.81. The minimum atomic E-state index is 0.0291. The van der Waals surface area contributed by atoms with E-state index in [1.54, 1.807) is 23.7 Å². The van der Waals surface area contributed by atoms with Crippen LogP contribution in [0.2, 0.25) is 0 Å². The molecule has 27 heavy (non-hydrogen) atoms. The summed E-state index contributed by atoms with van der Waals surface area (Å²) in [5.74, 6) is 0.830. The van der Waals surface area contributed by atoms with E-state index in [-0.39, 0.29) is 24.1 Å². The summed E-state index contributed by atoms with van der Waals surface area (Å²) in [5.41, 5.74) is 1.40. The third-order valence-corrected chi connectivity index (χ3v) is 6.35. The van der Waals surface area contributed by atoms with Gasteiger partial charge in [-0.25, -0.2) is 0 Å². The van der Waals surface area contributed by atoms with Crippen molar-refractivity contribution in [2.75, 3.05) is 0 Å². The molecule has 2 bridgehead atoms. The average Bonchev–Trinajstić information content (AvgIpc) is 3.42. The maximum absolute atomic E-state index is 13.1. The summed E-state index contributed by atoms with van der Waals surface area (Å²) in [6.07, 6.45) is 7.41. The molecular weight excluding hydrogens is 360 g/mol. The number of hydrogen-bond acceptors (Lipinski definition) is 5. The number of piperidine rings is 1. The van der Waals surface area contributed by atoms with Crippen molar-refractivity contribution in [2.24, 2.45) is 0 Å². The highest BCUT2D eigenvalue weighted by molar-refractivity contribution is 7.13. The van der Waals surface area contributed by atoms with Crippen LogP contribution in [0.15, 0.2) is 48.1 Å². The molecular formula is C20H20N4O2S. The third-order valence-electron chi connectivity index (χ3n) is 5.45. The van der Waals surface area contributed by atoms with Gasteiger partial charge in [-0.2, -0.15) is 5.10 Å². The Labute approximate surface area is 161 Å². The molecule has 1 N–H and O–H groups in total. The summed E-state index contributed by atoms with van der Waals surface area (Å²) < 4.78 is 6.10. The van der Waals surface area contributed by atoms with Crippen molar-refractivity contribution in [1.29, 1.82) is 0 Å². The first-order valence-corrected chi connectivity index (χ1v) is 10.1. The van der Waals surface area contributed by atoms with Crippen LogP contribution >= 0.6 is 11.3 Å². The summed E-state index contributed by atoms with van der Waals surface area (Å²) in [6, 6.07) is 10.1. The smallest absolute Gasteiger partial charge is 0.274 e. The van der Waals surface area contributed by atoms with Gasteiger partial charge in [-0.05, 0) is 42.5 Å². The van der Waals surface area contributed by atoms with E-state index < -0.39 is 0 Å². The molecule has 2 fully saturated rings. The Balaban J connectivity index is 1.30. The van der Waals surface area contributed by atoms with Crippen molar-refractivity contribution in [2.45, 2.75) is 43.9 Å². The van der Waals surface area contributed by atoms with Crippen molar-refractivity contribution >= 4 is 17.2 Å². The highest BCUT2D eigenvalue weighted by atomic mass is 32.1. The van der Waals surface area contributed by atoms with E-state index in [0.717, 1.165) is 42.0 Å². The van der Waals surface area contributed by atoms with E-state index in [0.29, 0.717) is 5.69 Å². The van der Waals surface area contributed by atoms with Crippen LogP contribution < -0.4 is 4.74 Å². The van der Waals surface area contributed by atoms with E-state index in [2.05, 4.69) is 15.2 Å². The number of fused-ring (bicyclic) bond motifs is 2. The highest BCUT2D eigenvalue weighted by Gasteiger charge is 2.44. The first-order valence-electron chi connectivity index (χ1n) is 9.26. The van der Waals surface area contributed by atoms with Crippen molar-refractivity contribution in [3.63, 3.8) is 0 Å². The molecule has 2 aliphatic rings. The van der Waals surface area contributed by atoms with Crippen molar-refractivity contribution in [1.82, 2.24) is 20.1 Å². The van der Waals surface area contributed by atoms with Gasteiger partial charge < -0.3 is 9.64 Å². The van der Waals surface area contributed by atoms with Gasteiger partial charge in [0.05, 0.1) is 16.8 Å². The molecule has 6 nitrogen and oxygen atoms in total. The number of rotatable bonds is 4. The lowest BCUT2D eigenvalue weighted by Gasteiger charge is -2.38. The summed E-state index contributed by atoms with van der Waals surface area (Å²) in [5, 5.41) is 9.30. The SMILES string of the molecule is O=C(c1cc(-c2cccs2)[nH]n1)N1C2CCC1CC(Oc1cccnc1)C2. The Morgan fingerprint density at radius 2 is 2.07 bits per heavy atom. The van der Waals surface area contributed by atoms with Gasteiger partial charge in [-0.3, -0.25) is 14.9 Å². The molecule has 0 aromatic carbocycles. The van der Waals surface area contributed by atoms with Gasteiger partial charge in [-0.1, -0.05) is 6.07 Å². The Morgan fingerprint density at radius 1 is 1.22 bits per heavy atom.